The van der Waals surface area contributed by atoms with Gasteiger partial charge in [0.05, 0.1) is 0 Å². The fourth-order valence-electron chi connectivity index (χ4n) is 5.42. The van der Waals surface area contributed by atoms with Crippen LogP contribution in [0.1, 0.15) is 36.8 Å². The van der Waals surface area contributed by atoms with Gasteiger partial charge in [-0.15, -0.1) is 6.58 Å². The number of rotatable bonds is 6. The van der Waals surface area contributed by atoms with Crippen molar-refractivity contribution in [2.75, 3.05) is 0 Å². The molecule has 3 fully saturated rings. The average Bonchev–Trinajstić information content (AvgIpc) is 2.69. The number of halogens is 1. The molecule has 2 aromatic rings. The molecule has 0 aromatic heterocycles. The molecule has 0 heterocycles. The molecule has 1 N–H and O–H groups in total. The summed E-state index contributed by atoms with van der Waals surface area (Å²) in [6.45, 7) is 4.87. The molecule has 0 radical (unpaired) electrons. The van der Waals surface area contributed by atoms with Gasteiger partial charge in [-0.3, -0.25) is 4.79 Å². The van der Waals surface area contributed by atoms with Crippen LogP contribution in [0, 0.1) is 11.8 Å². The Kier molecular flexibility index (Phi) is 5.34. The number of ketones is 1. The van der Waals surface area contributed by atoms with Crippen molar-refractivity contribution in [3.8, 4) is 0 Å². The summed E-state index contributed by atoms with van der Waals surface area (Å²) in [5.74, 6) is 0.915. The fourth-order valence-corrected chi connectivity index (χ4v) is 5.68. The van der Waals surface area contributed by atoms with E-state index in [0.29, 0.717) is 18.1 Å². The van der Waals surface area contributed by atoms with Crippen LogP contribution in [0.2, 0.25) is 0 Å². The summed E-state index contributed by atoms with van der Waals surface area (Å²) >= 11 is 3.56. The minimum Gasteiger partial charge on any atom is -0.308 e. The third kappa shape index (κ3) is 3.32. The van der Waals surface area contributed by atoms with Gasteiger partial charge in [0.2, 0.25) is 0 Å². The lowest BCUT2D eigenvalue weighted by molar-refractivity contribution is -0.135. The van der Waals surface area contributed by atoms with E-state index >= 15 is 0 Å². The molecule has 27 heavy (non-hydrogen) atoms. The third-order valence-corrected chi connectivity index (χ3v) is 7.13. The van der Waals surface area contributed by atoms with E-state index < -0.39 is 0 Å². The van der Waals surface area contributed by atoms with Crippen molar-refractivity contribution in [2.45, 2.75) is 43.7 Å². The van der Waals surface area contributed by atoms with Gasteiger partial charge in [-0.05, 0) is 48.4 Å². The Labute approximate surface area is 170 Å². The number of fused-ring (bicyclic) bond motifs is 3. The number of carbonyl (C=O) groups excluding carboxylic acids is 1. The average molecular weight is 424 g/mol. The van der Waals surface area contributed by atoms with Crippen LogP contribution in [0.25, 0.3) is 0 Å². The van der Waals surface area contributed by atoms with Crippen molar-refractivity contribution < 1.29 is 4.79 Å². The van der Waals surface area contributed by atoms with Crippen LogP contribution in [-0.2, 0) is 16.8 Å². The highest BCUT2D eigenvalue weighted by Crippen LogP contribution is 2.54. The van der Waals surface area contributed by atoms with Crippen LogP contribution in [-0.4, -0.2) is 11.8 Å². The van der Waals surface area contributed by atoms with Gasteiger partial charge < -0.3 is 5.32 Å². The second-order valence-corrected chi connectivity index (χ2v) is 8.85. The quantitative estimate of drug-likeness (QED) is 0.628. The molecule has 2 bridgehead atoms. The molecule has 0 aliphatic heterocycles. The number of hydrogen-bond acceptors (Lipinski definition) is 2. The summed E-state index contributed by atoms with van der Waals surface area (Å²) in [5, 5.41) is 3.81. The van der Waals surface area contributed by atoms with E-state index in [1.54, 1.807) is 0 Å². The molecule has 5 rings (SSSR count). The minimum absolute atomic E-state index is 0.0615. The van der Waals surface area contributed by atoms with Gasteiger partial charge in [0.15, 0.2) is 0 Å². The highest BCUT2D eigenvalue weighted by atomic mass is 79.9. The van der Waals surface area contributed by atoms with Crippen molar-refractivity contribution in [1.82, 2.24) is 5.32 Å². The van der Waals surface area contributed by atoms with Crippen molar-refractivity contribution in [1.29, 1.82) is 0 Å². The number of allylic oxidation sites excluding steroid dienone is 1. The molecule has 3 aliphatic carbocycles. The van der Waals surface area contributed by atoms with Gasteiger partial charge in [-0.25, -0.2) is 0 Å². The first-order valence-corrected chi connectivity index (χ1v) is 10.6. The number of benzene rings is 2. The molecule has 2 aromatic carbocycles. The Hall–Kier alpha value is -1.71. The minimum atomic E-state index is -0.0615. The topological polar surface area (TPSA) is 29.1 Å². The van der Waals surface area contributed by atoms with E-state index in [-0.39, 0.29) is 17.4 Å². The van der Waals surface area contributed by atoms with Crippen LogP contribution in [0.3, 0.4) is 0 Å². The van der Waals surface area contributed by atoms with Gasteiger partial charge in [-0.1, -0.05) is 64.5 Å². The summed E-state index contributed by atoms with van der Waals surface area (Å²) in [4.78, 5) is 12.8. The molecule has 0 spiro atoms. The fraction of sp³-hybridized carbons (Fsp3) is 0.375. The third-order valence-electron chi connectivity index (χ3n) is 6.61. The number of carbonyl (C=O) groups is 1. The first kappa shape index (κ1) is 18.6. The molecule has 3 aliphatic rings. The molecular formula is C24H26BrNO. The zero-order valence-corrected chi connectivity index (χ0v) is 17.1. The molecule has 4 unspecified atom stereocenters. The Morgan fingerprint density at radius 2 is 1.85 bits per heavy atom. The van der Waals surface area contributed by atoms with E-state index in [0.717, 1.165) is 30.3 Å². The molecule has 3 heteroatoms. The van der Waals surface area contributed by atoms with Crippen LogP contribution in [0.5, 0.6) is 0 Å². The highest BCUT2D eigenvalue weighted by molar-refractivity contribution is 9.10. The molecule has 0 saturated heterocycles. The molecule has 0 amide bonds. The molecule has 140 valence electrons. The predicted molar refractivity (Wildman–Crippen MR) is 114 cm³/mol. The lowest BCUT2D eigenvalue weighted by atomic mass is 9.49. The van der Waals surface area contributed by atoms with Crippen molar-refractivity contribution >= 4 is 21.7 Å². The Morgan fingerprint density at radius 3 is 2.52 bits per heavy atom. The van der Waals surface area contributed by atoms with E-state index in [2.05, 4.69) is 76.4 Å². The second kappa shape index (κ2) is 7.73. The van der Waals surface area contributed by atoms with Crippen molar-refractivity contribution in [3.63, 3.8) is 0 Å². The first-order chi connectivity index (χ1) is 13.1. The van der Waals surface area contributed by atoms with E-state index in [4.69, 9.17) is 0 Å². The molecule has 4 atom stereocenters. The zero-order valence-electron chi connectivity index (χ0n) is 15.5. The maximum absolute atomic E-state index is 12.8. The Bertz CT molecular complexity index is 816. The first-order valence-electron chi connectivity index (χ1n) is 9.82. The lowest BCUT2D eigenvalue weighted by Gasteiger charge is -2.57. The second-order valence-electron chi connectivity index (χ2n) is 7.94. The van der Waals surface area contributed by atoms with Crippen LogP contribution < -0.4 is 5.32 Å². The van der Waals surface area contributed by atoms with E-state index in [1.165, 1.54) is 11.1 Å². The molecular weight excluding hydrogens is 398 g/mol. The SMILES string of the molecule is C=CCC1(c2ccc(Br)cc2)C2CCC(C(=O)C2)C1NCc1ccccc1. The van der Waals surface area contributed by atoms with Gasteiger partial charge in [0.25, 0.3) is 0 Å². The van der Waals surface area contributed by atoms with E-state index in [9.17, 15) is 4.79 Å². The summed E-state index contributed by atoms with van der Waals surface area (Å²) in [6.07, 6.45) is 5.78. The monoisotopic (exact) mass is 423 g/mol. The van der Waals surface area contributed by atoms with Gasteiger partial charge in [-0.2, -0.15) is 0 Å². The maximum atomic E-state index is 12.8. The van der Waals surface area contributed by atoms with Gasteiger partial charge >= 0.3 is 0 Å². The van der Waals surface area contributed by atoms with Gasteiger partial charge in [0, 0.05) is 34.8 Å². The highest BCUT2D eigenvalue weighted by Gasteiger charge is 2.57. The van der Waals surface area contributed by atoms with Crippen LogP contribution in [0.15, 0.2) is 71.7 Å². The molecule has 2 nitrogen and oxygen atoms in total. The Morgan fingerprint density at radius 1 is 1.11 bits per heavy atom. The van der Waals surface area contributed by atoms with E-state index in [1.807, 2.05) is 12.1 Å². The summed E-state index contributed by atoms with van der Waals surface area (Å²) in [5.41, 5.74) is 2.53. The number of Topliss-reactive ketones (excluding diaryl/α,β-unsaturated/α-hetero) is 1. The lowest BCUT2D eigenvalue weighted by Crippen LogP contribution is -2.64. The predicted octanol–water partition coefficient (Wildman–Crippen LogP) is 5.42. The van der Waals surface area contributed by atoms with Gasteiger partial charge in [0.1, 0.15) is 5.78 Å². The number of hydrogen-bond donors (Lipinski definition) is 1. The van der Waals surface area contributed by atoms with Crippen molar-refractivity contribution in [3.05, 3.63) is 82.9 Å². The normalized spacial score (nSPS) is 29.7. The van der Waals surface area contributed by atoms with Crippen LogP contribution >= 0.6 is 15.9 Å². The molecule has 3 saturated carbocycles. The van der Waals surface area contributed by atoms with Crippen LogP contribution in [0.4, 0.5) is 0 Å². The largest absolute Gasteiger partial charge is 0.308 e. The standard InChI is InChI=1S/C24H26BrNO/c1-2-14-24(18-8-11-20(25)12-9-18)19-10-13-21(22(27)15-19)23(24)26-16-17-6-4-3-5-7-17/h2-9,11-12,19,21,23,26H,1,10,13-16H2. The smallest absolute Gasteiger partial charge is 0.137 e. The summed E-state index contributed by atoms with van der Waals surface area (Å²) in [6, 6.07) is 19.3. The Balaban J connectivity index is 1.74. The maximum Gasteiger partial charge on any atom is 0.137 e. The zero-order chi connectivity index (χ0) is 18.9. The summed E-state index contributed by atoms with van der Waals surface area (Å²) < 4.78 is 1.09. The summed E-state index contributed by atoms with van der Waals surface area (Å²) in [7, 11) is 0. The van der Waals surface area contributed by atoms with Crippen molar-refractivity contribution in [2.24, 2.45) is 11.8 Å². The number of nitrogens with one attached hydrogen (secondary N) is 1.